The maximum absolute atomic E-state index is 12.3. The predicted octanol–water partition coefficient (Wildman–Crippen LogP) is 3.04. The maximum Gasteiger partial charge on any atom is 0.223 e. The molecule has 148 valence electrons. The quantitative estimate of drug-likeness (QED) is 0.533. The van der Waals surface area contributed by atoms with Crippen LogP contribution in [0.15, 0.2) is 35.3 Å². The van der Waals surface area contributed by atoms with E-state index in [4.69, 9.17) is 0 Å². The molecule has 2 aliphatic rings. The van der Waals surface area contributed by atoms with E-state index in [1.54, 1.807) is 0 Å². The number of guanidine groups is 1. The molecule has 2 fully saturated rings. The lowest BCUT2D eigenvalue weighted by molar-refractivity contribution is -0.126. The molecule has 0 spiro atoms. The molecule has 3 N–H and O–H groups in total. The standard InChI is InChI=1S/C22H34N4O/c1-15(2)25-21(27)17-10-7-11-19(12-17)26-22(23-3)24-14-18-13-20(18)16-8-5-4-6-9-16/h4-6,8-9,15,17-20H,7,10-14H2,1-3H3,(H,25,27)(H2,23,24,26). The van der Waals surface area contributed by atoms with Crippen LogP contribution in [0.5, 0.6) is 0 Å². The number of nitrogens with zero attached hydrogens (tertiary/aromatic N) is 1. The van der Waals surface area contributed by atoms with Crippen LogP contribution in [0, 0.1) is 11.8 Å². The van der Waals surface area contributed by atoms with Gasteiger partial charge in [-0.1, -0.05) is 36.8 Å². The van der Waals surface area contributed by atoms with Gasteiger partial charge in [0, 0.05) is 31.6 Å². The zero-order chi connectivity index (χ0) is 19.2. The fourth-order valence-electron chi connectivity index (χ4n) is 4.16. The average Bonchev–Trinajstić information content (AvgIpc) is 3.45. The fraction of sp³-hybridized carbons (Fsp3) is 0.636. The van der Waals surface area contributed by atoms with Crippen LogP contribution in [0.3, 0.4) is 0 Å². The largest absolute Gasteiger partial charge is 0.356 e. The first-order valence-electron chi connectivity index (χ1n) is 10.4. The number of amides is 1. The monoisotopic (exact) mass is 370 g/mol. The van der Waals surface area contributed by atoms with Gasteiger partial charge in [0.15, 0.2) is 5.96 Å². The molecule has 4 atom stereocenters. The highest BCUT2D eigenvalue weighted by atomic mass is 16.1. The summed E-state index contributed by atoms with van der Waals surface area (Å²) in [6.07, 6.45) is 5.31. The highest BCUT2D eigenvalue weighted by molar-refractivity contribution is 5.81. The zero-order valence-electron chi connectivity index (χ0n) is 16.9. The molecule has 0 bridgehead atoms. The number of carbonyl (C=O) groups is 1. The third-order valence-electron chi connectivity index (χ3n) is 5.72. The summed E-state index contributed by atoms with van der Waals surface area (Å²) >= 11 is 0. The van der Waals surface area contributed by atoms with E-state index in [0.717, 1.165) is 38.2 Å². The molecule has 5 nitrogen and oxygen atoms in total. The summed E-state index contributed by atoms with van der Waals surface area (Å²) in [6, 6.07) is 11.3. The minimum atomic E-state index is 0.114. The van der Waals surface area contributed by atoms with Crippen molar-refractivity contribution in [1.29, 1.82) is 0 Å². The number of carbonyl (C=O) groups excluding carboxylic acids is 1. The van der Waals surface area contributed by atoms with E-state index in [9.17, 15) is 4.79 Å². The number of benzene rings is 1. The van der Waals surface area contributed by atoms with Crippen LogP contribution in [0.25, 0.3) is 0 Å². The van der Waals surface area contributed by atoms with Gasteiger partial charge in [0.2, 0.25) is 5.91 Å². The van der Waals surface area contributed by atoms with Crippen molar-refractivity contribution in [2.45, 2.75) is 64.0 Å². The molecular weight excluding hydrogens is 336 g/mol. The maximum atomic E-state index is 12.3. The minimum Gasteiger partial charge on any atom is -0.356 e. The first-order chi connectivity index (χ1) is 13.1. The Morgan fingerprint density at radius 1 is 1.19 bits per heavy atom. The molecule has 1 aromatic carbocycles. The lowest BCUT2D eigenvalue weighted by Crippen LogP contribution is -2.48. The third-order valence-corrected chi connectivity index (χ3v) is 5.72. The van der Waals surface area contributed by atoms with Gasteiger partial charge in [0.25, 0.3) is 0 Å². The lowest BCUT2D eigenvalue weighted by atomic mass is 9.85. The van der Waals surface area contributed by atoms with Gasteiger partial charge in [-0.3, -0.25) is 9.79 Å². The molecule has 5 heteroatoms. The molecule has 4 unspecified atom stereocenters. The second-order valence-corrected chi connectivity index (χ2v) is 8.33. The summed E-state index contributed by atoms with van der Waals surface area (Å²) in [5, 5.41) is 10.1. The normalized spacial score (nSPS) is 27.9. The first kappa shape index (κ1) is 19.7. The smallest absolute Gasteiger partial charge is 0.223 e. The van der Waals surface area contributed by atoms with Crippen molar-refractivity contribution in [1.82, 2.24) is 16.0 Å². The average molecular weight is 371 g/mol. The Bertz CT molecular complexity index is 643. The third kappa shape index (κ3) is 5.72. The zero-order valence-corrected chi connectivity index (χ0v) is 16.9. The van der Waals surface area contributed by atoms with Gasteiger partial charge in [-0.05, 0) is 56.9 Å². The number of rotatable bonds is 6. The van der Waals surface area contributed by atoms with Gasteiger partial charge < -0.3 is 16.0 Å². The fourth-order valence-corrected chi connectivity index (χ4v) is 4.16. The van der Waals surface area contributed by atoms with Gasteiger partial charge in [-0.2, -0.15) is 0 Å². The van der Waals surface area contributed by atoms with Crippen molar-refractivity contribution in [2.75, 3.05) is 13.6 Å². The van der Waals surface area contributed by atoms with Crippen molar-refractivity contribution in [3.8, 4) is 0 Å². The van der Waals surface area contributed by atoms with Gasteiger partial charge in [0.05, 0.1) is 0 Å². The molecule has 0 saturated heterocycles. The molecule has 27 heavy (non-hydrogen) atoms. The van der Waals surface area contributed by atoms with E-state index >= 15 is 0 Å². The Labute approximate surface area is 163 Å². The molecule has 0 aromatic heterocycles. The summed E-state index contributed by atoms with van der Waals surface area (Å²) in [7, 11) is 1.82. The number of nitrogens with one attached hydrogen (secondary N) is 3. The molecule has 1 amide bonds. The molecule has 2 saturated carbocycles. The van der Waals surface area contributed by atoms with Crippen LogP contribution in [0.4, 0.5) is 0 Å². The Morgan fingerprint density at radius 3 is 2.67 bits per heavy atom. The van der Waals surface area contributed by atoms with E-state index in [1.165, 1.54) is 12.0 Å². The Hall–Kier alpha value is -2.04. The van der Waals surface area contributed by atoms with Gasteiger partial charge >= 0.3 is 0 Å². The van der Waals surface area contributed by atoms with E-state index in [2.05, 4.69) is 51.3 Å². The Kier molecular flexibility index (Phi) is 6.75. The van der Waals surface area contributed by atoms with E-state index < -0.39 is 0 Å². The summed E-state index contributed by atoms with van der Waals surface area (Å²) in [4.78, 5) is 16.7. The summed E-state index contributed by atoms with van der Waals surface area (Å²) in [5.74, 6) is 2.53. The van der Waals surface area contributed by atoms with Crippen molar-refractivity contribution in [2.24, 2.45) is 16.8 Å². The molecule has 0 aliphatic heterocycles. The number of hydrogen-bond donors (Lipinski definition) is 3. The second-order valence-electron chi connectivity index (χ2n) is 8.33. The van der Waals surface area contributed by atoms with Crippen molar-refractivity contribution >= 4 is 11.9 Å². The Balaban J connectivity index is 1.43. The van der Waals surface area contributed by atoms with Crippen LogP contribution < -0.4 is 16.0 Å². The molecule has 2 aliphatic carbocycles. The lowest BCUT2D eigenvalue weighted by Gasteiger charge is -2.30. The summed E-state index contributed by atoms with van der Waals surface area (Å²) in [5.41, 5.74) is 1.44. The van der Waals surface area contributed by atoms with Crippen LogP contribution in [-0.4, -0.2) is 37.5 Å². The van der Waals surface area contributed by atoms with E-state index in [-0.39, 0.29) is 17.9 Å². The first-order valence-corrected chi connectivity index (χ1v) is 10.4. The summed E-state index contributed by atoms with van der Waals surface area (Å²) in [6.45, 7) is 4.98. The van der Waals surface area contributed by atoms with E-state index in [0.29, 0.717) is 17.9 Å². The minimum absolute atomic E-state index is 0.114. The topological polar surface area (TPSA) is 65.5 Å². The van der Waals surface area contributed by atoms with Gasteiger partial charge in [0.1, 0.15) is 0 Å². The van der Waals surface area contributed by atoms with Gasteiger partial charge in [-0.15, -0.1) is 0 Å². The molecule has 1 aromatic rings. The van der Waals surface area contributed by atoms with Crippen molar-refractivity contribution in [3.63, 3.8) is 0 Å². The summed E-state index contributed by atoms with van der Waals surface area (Å²) < 4.78 is 0. The van der Waals surface area contributed by atoms with Crippen LogP contribution in [0.1, 0.15) is 57.4 Å². The molecule has 0 heterocycles. The molecule has 3 rings (SSSR count). The highest BCUT2D eigenvalue weighted by Gasteiger charge is 2.38. The van der Waals surface area contributed by atoms with Crippen LogP contribution >= 0.6 is 0 Å². The van der Waals surface area contributed by atoms with Crippen LogP contribution in [0.2, 0.25) is 0 Å². The van der Waals surface area contributed by atoms with E-state index in [1.807, 2.05) is 20.9 Å². The van der Waals surface area contributed by atoms with Crippen LogP contribution in [-0.2, 0) is 4.79 Å². The highest BCUT2D eigenvalue weighted by Crippen LogP contribution is 2.46. The second kappa shape index (κ2) is 9.25. The van der Waals surface area contributed by atoms with Gasteiger partial charge in [-0.25, -0.2) is 0 Å². The van der Waals surface area contributed by atoms with Crippen molar-refractivity contribution in [3.05, 3.63) is 35.9 Å². The molecule has 0 radical (unpaired) electrons. The number of hydrogen-bond acceptors (Lipinski definition) is 2. The predicted molar refractivity (Wildman–Crippen MR) is 111 cm³/mol. The Morgan fingerprint density at radius 2 is 1.96 bits per heavy atom. The SMILES string of the molecule is CN=C(NCC1CC1c1ccccc1)NC1CCCC(C(=O)NC(C)C)C1. The number of aliphatic imine (C=N–C) groups is 1. The van der Waals surface area contributed by atoms with Crippen molar-refractivity contribution < 1.29 is 4.79 Å². The molecular formula is C22H34N4O.